The lowest BCUT2D eigenvalue weighted by Crippen LogP contribution is -2.41. The third-order valence-corrected chi connectivity index (χ3v) is 3.84. The largest absolute Gasteiger partial charge is 0.496 e. The molecule has 1 fully saturated rings. The molecule has 1 aliphatic heterocycles. The minimum absolute atomic E-state index is 0.380. The molecule has 0 aromatic heterocycles. The molecule has 0 aliphatic carbocycles. The van der Waals surface area contributed by atoms with Crippen molar-refractivity contribution in [2.45, 2.75) is 45.8 Å². The smallest absolute Gasteiger partial charge is 0.399 e. The SMILES string of the molecule is Cc1ccc(B2OC(C)(C)C(C)(C)O2)c(C#N)c1. The zero-order valence-electron chi connectivity index (χ0n) is 11.6. The van der Waals surface area contributed by atoms with Crippen LogP contribution in [0.15, 0.2) is 18.2 Å². The molecule has 18 heavy (non-hydrogen) atoms. The van der Waals surface area contributed by atoms with Crippen LogP contribution in [0.25, 0.3) is 0 Å². The zero-order valence-corrected chi connectivity index (χ0v) is 11.6. The molecule has 0 saturated carbocycles. The van der Waals surface area contributed by atoms with Gasteiger partial charge in [0.1, 0.15) is 0 Å². The van der Waals surface area contributed by atoms with Crippen molar-refractivity contribution in [2.24, 2.45) is 0 Å². The van der Waals surface area contributed by atoms with Crippen LogP contribution in [0.4, 0.5) is 0 Å². The van der Waals surface area contributed by atoms with Gasteiger partial charge in [0.15, 0.2) is 0 Å². The second-order valence-electron chi connectivity index (χ2n) is 5.79. The number of nitriles is 1. The average molecular weight is 243 g/mol. The molecule has 0 unspecified atom stereocenters. The predicted molar refractivity (Wildman–Crippen MR) is 71.6 cm³/mol. The van der Waals surface area contributed by atoms with E-state index in [1.807, 2.05) is 52.8 Å². The fourth-order valence-electron chi connectivity index (χ4n) is 1.94. The van der Waals surface area contributed by atoms with Crippen molar-refractivity contribution >= 4 is 12.6 Å². The normalized spacial score (nSPS) is 20.8. The Balaban J connectivity index is 2.39. The molecule has 1 saturated heterocycles. The second kappa shape index (κ2) is 4.12. The molecule has 1 aromatic carbocycles. The summed E-state index contributed by atoms with van der Waals surface area (Å²) in [6, 6.07) is 7.96. The second-order valence-corrected chi connectivity index (χ2v) is 5.79. The number of hydrogen-bond donors (Lipinski definition) is 0. The van der Waals surface area contributed by atoms with Crippen LogP contribution in [0, 0.1) is 18.3 Å². The third-order valence-electron chi connectivity index (χ3n) is 3.84. The van der Waals surface area contributed by atoms with E-state index in [9.17, 15) is 5.26 Å². The molecule has 0 radical (unpaired) electrons. The Hall–Kier alpha value is -1.31. The number of hydrogen-bond acceptors (Lipinski definition) is 3. The van der Waals surface area contributed by atoms with Gasteiger partial charge >= 0.3 is 7.12 Å². The van der Waals surface area contributed by atoms with Crippen LogP contribution in [0.3, 0.4) is 0 Å². The van der Waals surface area contributed by atoms with E-state index in [4.69, 9.17) is 9.31 Å². The summed E-state index contributed by atoms with van der Waals surface area (Å²) in [5.74, 6) is 0. The Labute approximate surface area is 109 Å². The topological polar surface area (TPSA) is 42.2 Å². The van der Waals surface area contributed by atoms with Gasteiger partial charge in [-0.15, -0.1) is 0 Å². The van der Waals surface area contributed by atoms with Crippen LogP contribution in [-0.2, 0) is 9.31 Å². The van der Waals surface area contributed by atoms with E-state index in [1.54, 1.807) is 0 Å². The first kappa shape index (κ1) is 13.1. The first-order chi connectivity index (χ1) is 8.27. The first-order valence-corrected chi connectivity index (χ1v) is 6.13. The van der Waals surface area contributed by atoms with E-state index in [2.05, 4.69) is 6.07 Å². The Morgan fingerprint density at radius 2 is 1.67 bits per heavy atom. The van der Waals surface area contributed by atoms with E-state index in [1.165, 1.54) is 0 Å². The van der Waals surface area contributed by atoms with Gasteiger partial charge in [-0.3, -0.25) is 0 Å². The third kappa shape index (κ3) is 2.05. The summed E-state index contributed by atoms with van der Waals surface area (Å²) >= 11 is 0. The number of nitrogens with zero attached hydrogens (tertiary/aromatic N) is 1. The minimum atomic E-state index is -0.467. The molecule has 1 heterocycles. The van der Waals surface area contributed by atoms with Gasteiger partial charge < -0.3 is 9.31 Å². The van der Waals surface area contributed by atoms with Gasteiger partial charge in [0.2, 0.25) is 0 Å². The highest BCUT2D eigenvalue weighted by molar-refractivity contribution is 6.62. The van der Waals surface area contributed by atoms with Crippen molar-refractivity contribution in [1.29, 1.82) is 5.26 Å². The fourth-order valence-corrected chi connectivity index (χ4v) is 1.94. The van der Waals surface area contributed by atoms with Crippen LogP contribution in [0.2, 0.25) is 0 Å². The fraction of sp³-hybridized carbons (Fsp3) is 0.500. The molecule has 4 heteroatoms. The maximum atomic E-state index is 9.20. The van der Waals surface area contributed by atoms with Gasteiger partial charge in [-0.25, -0.2) is 0 Å². The molecule has 0 spiro atoms. The molecule has 0 N–H and O–H groups in total. The van der Waals surface area contributed by atoms with Crippen molar-refractivity contribution in [3.63, 3.8) is 0 Å². The zero-order chi connectivity index (χ0) is 13.6. The molecule has 2 rings (SSSR count). The standard InChI is InChI=1S/C14H18BNO2/c1-10-6-7-12(11(8-10)9-16)15-17-13(2,3)14(4,5)18-15/h6-8H,1-5H3. The van der Waals surface area contributed by atoms with Crippen molar-refractivity contribution in [3.05, 3.63) is 29.3 Å². The lowest BCUT2D eigenvalue weighted by atomic mass is 9.76. The molecule has 1 aliphatic rings. The Morgan fingerprint density at radius 3 is 2.17 bits per heavy atom. The van der Waals surface area contributed by atoms with E-state index < -0.39 is 7.12 Å². The Kier molecular flexibility index (Phi) is 3.00. The van der Waals surface area contributed by atoms with Crippen LogP contribution in [0.5, 0.6) is 0 Å². The molecule has 3 nitrogen and oxygen atoms in total. The molecule has 0 bridgehead atoms. The maximum Gasteiger partial charge on any atom is 0.496 e. The summed E-state index contributed by atoms with van der Waals surface area (Å²) in [6.45, 7) is 10.00. The van der Waals surface area contributed by atoms with Crippen molar-refractivity contribution < 1.29 is 9.31 Å². The lowest BCUT2D eigenvalue weighted by molar-refractivity contribution is 0.00578. The number of benzene rings is 1. The van der Waals surface area contributed by atoms with Crippen LogP contribution < -0.4 is 5.46 Å². The number of rotatable bonds is 1. The molecule has 0 atom stereocenters. The van der Waals surface area contributed by atoms with E-state index in [-0.39, 0.29) is 11.2 Å². The Morgan fingerprint density at radius 1 is 1.11 bits per heavy atom. The quantitative estimate of drug-likeness (QED) is 0.710. The highest BCUT2D eigenvalue weighted by atomic mass is 16.7. The molecule has 0 amide bonds. The lowest BCUT2D eigenvalue weighted by Gasteiger charge is -2.32. The Bertz CT molecular complexity index is 501. The molecular weight excluding hydrogens is 225 g/mol. The summed E-state index contributed by atoms with van der Waals surface area (Å²) < 4.78 is 11.9. The molecule has 94 valence electrons. The average Bonchev–Trinajstić information content (AvgIpc) is 2.47. The molecular formula is C14H18BNO2. The van der Waals surface area contributed by atoms with Gasteiger partial charge in [0.05, 0.1) is 22.8 Å². The van der Waals surface area contributed by atoms with Crippen LogP contribution in [0.1, 0.15) is 38.8 Å². The van der Waals surface area contributed by atoms with Crippen LogP contribution in [-0.4, -0.2) is 18.3 Å². The highest BCUT2D eigenvalue weighted by Gasteiger charge is 2.52. The van der Waals surface area contributed by atoms with Crippen molar-refractivity contribution in [2.75, 3.05) is 0 Å². The van der Waals surface area contributed by atoms with Gasteiger partial charge in [0, 0.05) is 5.46 Å². The highest BCUT2D eigenvalue weighted by Crippen LogP contribution is 2.36. The van der Waals surface area contributed by atoms with E-state index in [0.717, 1.165) is 11.0 Å². The van der Waals surface area contributed by atoms with Gasteiger partial charge in [-0.2, -0.15) is 5.26 Å². The monoisotopic (exact) mass is 243 g/mol. The molecule has 1 aromatic rings. The van der Waals surface area contributed by atoms with Gasteiger partial charge in [0.25, 0.3) is 0 Å². The number of aryl methyl sites for hydroxylation is 1. The minimum Gasteiger partial charge on any atom is -0.399 e. The van der Waals surface area contributed by atoms with Crippen LogP contribution >= 0.6 is 0 Å². The van der Waals surface area contributed by atoms with Gasteiger partial charge in [-0.1, -0.05) is 12.1 Å². The van der Waals surface area contributed by atoms with Crippen molar-refractivity contribution in [3.8, 4) is 6.07 Å². The first-order valence-electron chi connectivity index (χ1n) is 6.13. The summed E-state index contributed by atoms with van der Waals surface area (Å²) in [7, 11) is -0.467. The van der Waals surface area contributed by atoms with Gasteiger partial charge in [-0.05, 0) is 46.2 Å². The summed E-state index contributed by atoms with van der Waals surface area (Å²) in [5.41, 5.74) is 1.73. The van der Waals surface area contributed by atoms with E-state index >= 15 is 0 Å². The summed E-state index contributed by atoms with van der Waals surface area (Å²) in [5, 5.41) is 9.20. The summed E-state index contributed by atoms with van der Waals surface area (Å²) in [6.07, 6.45) is 0. The maximum absolute atomic E-state index is 9.20. The summed E-state index contributed by atoms with van der Waals surface area (Å²) in [4.78, 5) is 0. The van der Waals surface area contributed by atoms with Crippen molar-refractivity contribution in [1.82, 2.24) is 0 Å². The van der Waals surface area contributed by atoms with E-state index in [0.29, 0.717) is 5.56 Å². The predicted octanol–water partition coefficient (Wildman–Crippen LogP) is 2.17.